The third-order valence-corrected chi connectivity index (χ3v) is 14.4. The Morgan fingerprint density at radius 3 is 1.64 bits per heavy atom. The van der Waals surface area contributed by atoms with Gasteiger partial charge in [0.1, 0.15) is 0 Å². The van der Waals surface area contributed by atoms with Crippen molar-refractivity contribution in [2.45, 2.75) is 122 Å². The number of rotatable bonds is 5. The van der Waals surface area contributed by atoms with Crippen molar-refractivity contribution in [3.8, 4) is 33.4 Å². The summed E-state index contributed by atoms with van der Waals surface area (Å²) >= 11 is 0. The molecule has 0 bridgehead atoms. The average molecular weight is 734 g/mol. The van der Waals surface area contributed by atoms with Gasteiger partial charge in [-0.2, -0.15) is 0 Å². The molecule has 0 radical (unpaired) electrons. The first-order valence-corrected chi connectivity index (χ1v) is 21.0. The first-order chi connectivity index (χ1) is 26.5. The highest BCUT2D eigenvalue weighted by Crippen LogP contribution is 2.58. The van der Waals surface area contributed by atoms with Gasteiger partial charge in [-0.05, 0) is 127 Å². The normalized spacial score (nSPS) is 19.0. The Hall–Kier alpha value is -4.88. The Morgan fingerprint density at radius 2 is 0.946 bits per heavy atom. The SMILES string of the molecule is CC1(C)CCC(C)(C)c2cc(-c3cc4c(cc3N(c3ccccc3)c3c(-c5ccccc5)ccc5c3C(C)(C)CCC5(C)C)C(C)(C)c3ccccc3-4)ccc21. The van der Waals surface area contributed by atoms with Crippen LogP contribution in [0.15, 0.2) is 127 Å². The van der Waals surface area contributed by atoms with E-state index in [1.54, 1.807) is 0 Å². The maximum Gasteiger partial charge on any atom is 0.0580 e. The fraction of sp³-hybridized carbons (Fsp3) is 0.345. The molecule has 9 rings (SSSR count). The fourth-order valence-corrected chi connectivity index (χ4v) is 10.7. The molecular weight excluding hydrogens is 675 g/mol. The molecule has 0 N–H and O–H groups in total. The van der Waals surface area contributed by atoms with Gasteiger partial charge >= 0.3 is 0 Å². The topological polar surface area (TPSA) is 3.24 Å². The zero-order valence-electron chi connectivity index (χ0n) is 35.4. The van der Waals surface area contributed by atoms with Gasteiger partial charge in [-0.3, -0.25) is 0 Å². The van der Waals surface area contributed by atoms with Crippen molar-refractivity contribution in [3.05, 3.63) is 161 Å². The zero-order chi connectivity index (χ0) is 39.4. The lowest BCUT2D eigenvalue weighted by Crippen LogP contribution is -2.35. The predicted molar refractivity (Wildman–Crippen MR) is 240 cm³/mol. The van der Waals surface area contributed by atoms with Gasteiger partial charge in [-0.25, -0.2) is 0 Å². The average Bonchev–Trinajstić information content (AvgIpc) is 3.41. The Bertz CT molecular complexity index is 2490. The van der Waals surface area contributed by atoms with Gasteiger partial charge < -0.3 is 4.90 Å². The molecule has 0 aliphatic heterocycles. The summed E-state index contributed by atoms with van der Waals surface area (Å²) in [5.74, 6) is 0. The largest absolute Gasteiger partial charge is 0.309 e. The molecular formula is C55H59N. The molecule has 0 aromatic heterocycles. The van der Waals surface area contributed by atoms with Crippen LogP contribution in [0.3, 0.4) is 0 Å². The molecule has 1 heteroatoms. The number of hydrogen-bond acceptors (Lipinski definition) is 1. The lowest BCUT2D eigenvalue weighted by atomic mass is 9.62. The van der Waals surface area contributed by atoms with E-state index in [-0.39, 0.29) is 27.1 Å². The second-order valence-corrected chi connectivity index (χ2v) is 20.3. The van der Waals surface area contributed by atoms with Crippen LogP contribution in [0, 0.1) is 0 Å². The number of anilines is 3. The molecule has 0 spiro atoms. The Kier molecular flexibility index (Phi) is 8.24. The summed E-state index contributed by atoms with van der Waals surface area (Å²) in [6.07, 6.45) is 4.69. The van der Waals surface area contributed by atoms with Crippen molar-refractivity contribution in [1.82, 2.24) is 0 Å². The summed E-state index contributed by atoms with van der Waals surface area (Å²) in [5.41, 5.74) is 20.4. The molecule has 1 nitrogen and oxygen atoms in total. The summed E-state index contributed by atoms with van der Waals surface area (Å²) < 4.78 is 0. The summed E-state index contributed by atoms with van der Waals surface area (Å²) in [7, 11) is 0. The van der Waals surface area contributed by atoms with Gasteiger partial charge in [-0.15, -0.1) is 0 Å². The molecule has 3 aliphatic carbocycles. The van der Waals surface area contributed by atoms with Gasteiger partial charge in [0.15, 0.2) is 0 Å². The van der Waals surface area contributed by atoms with E-state index in [9.17, 15) is 0 Å². The molecule has 284 valence electrons. The summed E-state index contributed by atoms with van der Waals surface area (Å²) in [6, 6.07) is 49.0. The van der Waals surface area contributed by atoms with Crippen LogP contribution in [0.4, 0.5) is 17.1 Å². The monoisotopic (exact) mass is 733 g/mol. The minimum Gasteiger partial charge on any atom is -0.309 e. The van der Waals surface area contributed by atoms with Crippen molar-refractivity contribution >= 4 is 17.1 Å². The minimum absolute atomic E-state index is 0.0359. The van der Waals surface area contributed by atoms with Crippen LogP contribution >= 0.6 is 0 Å². The summed E-state index contributed by atoms with van der Waals surface area (Å²) in [6.45, 7) is 24.5. The van der Waals surface area contributed by atoms with Crippen LogP contribution < -0.4 is 4.90 Å². The second-order valence-electron chi connectivity index (χ2n) is 20.3. The van der Waals surface area contributed by atoms with Gasteiger partial charge in [-0.1, -0.05) is 172 Å². The van der Waals surface area contributed by atoms with Crippen molar-refractivity contribution in [3.63, 3.8) is 0 Å². The summed E-state index contributed by atoms with van der Waals surface area (Å²) in [4.78, 5) is 2.67. The number of fused-ring (bicyclic) bond motifs is 5. The van der Waals surface area contributed by atoms with E-state index in [0.29, 0.717) is 0 Å². The maximum atomic E-state index is 2.67. The van der Waals surface area contributed by atoms with E-state index in [0.717, 1.165) is 6.42 Å². The first kappa shape index (κ1) is 36.7. The van der Waals surface area contributed by atoms with Gasteiger partial charge in [0, 0.05) is 22.2 Å². The Labute approximate surface area is 336 Å². The molecule has 0 unspecified atom stereocenters. The Morgan fingerprint density at radius 1 is 0.375 bits per heavy atom. The highest BCUT2D eigenvalue weighted by molar-refractivity contribution is 5.99. The van der Waals surface area contributed by atoms with Crippen LogP contribution in [0.25, 0.3) is 33.4 Å². The molecule has 0 fully saturated rings. The van der Waals surface area contributed by atoms with Crippen molar-refractivity contribution in [2.24, 2.45) is 0 Å². The molecule has 56 heavy (non-hydrogen) atoms. The van der Waals surface area contributed by atoms with Crippen LogP contribution in [0.5, 0.6) is 0 Å². The third-order valence-electron chi connectivity index (χ3n) is 14.4. The third kappa shape index (κ3) is 5.63. The second kappa shape index (κ2) is 12.6. The van der Waals surface area contributed by atoms with E-state index in [1.807, 2.05) is 0 Å². The van der Waals surface area contributed by atoms with Crippen molar-refractivity contribution < 1.29 is 0 Å². The molecule has 0 saturated heterocycles. The first-order valence-electron chi connectivity index (χ1n) is 21.0. The predicted octanol–water partition coefficient (Wildman–Crippen LogP) is 15.5. The molecule has 6 aromatic rings. The number of benzene rings is 6. The minimum atomic E-state index is -0.150. The standard InChI is InChI=1S/C55H59N/c1-51(2)29-30-53(5,6)47-33-37(25-27-44(47)51)41-34-42-40-23-17-18-24-43(40)55(9,10)46(42)35-48(41)56(38-21-15-12-16-22-38)50-39(36-19-13-11-14-20-36)26-28-45-49(50)54(7,8)32-31-52(45,3)4/h11-28,33-35H,29-32H2,1-10H3. The van der Waals surface area contributed by atoms with Gasteiger partial charge in [0.2, 0.25) is 0 Å². The lowest BCUT2D eigenvalue weighted by Gasteiger charge is -2.46. The quantitative estimate of drug-likeness (QED) is 0.171. The number of nitrogens with zero attached hydrogens (tertiary/aromatic N) is 1. The fourth-order valence-electron chi connectivity index (χ4n) is 10.7. The highest BCUT2D eigenvalue weighted by atomic mass is 15.2. The van der Waals surface area contributed by atoms with Crippen LogP contribution in [0.2, 0.25) is 0 Å². The number of para-hydroxylation sites is 1. The molecule has 0 heterocycles. The van der Waals surface area contributed by atoms with Crippen molar-refractivity contribution in [1.29, 1.82) is 0 Å². The molecule has 0 saturated carbocycles. The van der Waals surface area contributed by atoms with E-state index >= 15 is 0 Å². The van der Waals surface area contributed by atoms with E-state index in [4.69, 9.17) is 0 Å². The van der Waals surface area contributed by atoms with E-state index in [2.05, 4.69) is 202 Å². The molecule has 0 amide bonds. The zero-order valence-corrected chi connectivity index (χ0v) is 35.4. The summed E-state index contributed by atoms with van der Waals surface area (Å²) in [5, 5.41) is 0. The lowest BCUT2D eigenvalue weighted by molar-refractivity contribution is 0.332. The van der Waals surface area contributed by atoms with Gasteiger partial charge in [0.05, 0.1) is 11.4 Å². The van der Waals surface area contributed by atoms with Crippen molar-refractivity contribution in [2.75, 3.05) is 4.90 Å². The number of hydrogen-bond donors (Lipinski definition) is 0. The van der Waals surface area contributed by atoms with E-state index < -0.39 is 0 Å². The Balaban J connectivity index is 1.44. The van der Waals surface area contributed by atoms with Crippen LogP contribution in [-0.2, 0) is 27.1 Å². The van der Waals surface area contributed by atoms with Crippen LogP contribution in [0.1, 0.15) is 128 Å². The molecule has 3 aliphatic rings. The molecule has 0 atom stereocenters. The van der Waals surface area contributed by atoms with E-state index in [1.165, 1.54) is 103 Å². The smallest absolute Gasteiger partial charge is 0.0580 e. The highest BCUT2D eigenvalue weighted by Gasteiger charge is 2.43. The maximum absolute atomic E-state index is 2.67. The molecule has 6 aromatic carbocycles. The van der Waals surface area contributed by atoms with Crippen LogP contribution in [-0.4, -0.2) is 0 Å². The van der Waals surface area contributed by atoms with Gasteiger partial charge in [0.25, 0.3) is 0 Å².